The highest BCUT2D eigenvalue weighted by atomic mass is 19.4. The normalized spacial score (nSPS) is 14.9. The number of hydrogen-bond acceptors (Lipinski definition) is 2. The third-order valence-electron chi connectivity index (χ3n) is 1.68. The Kier molecular flexibility index (Phi) is 4.48. The van der Waals surface area contributed by atoms with E-state index in [0.29, 0.717) is 0 Å². The SMILES string of the molecule is CCOC(=O)CC(C(C)(F)F)C(F)(F)F. The fraction of sp³-hybridized carbons (Fsp3) is 0.875. The first-order valence-corrected chi connectivity index (χ1v) is 4.19. The summed E-state index contributed by atoms with van der Waals surface area (Å²) in [6.07, 6.45) is -6.48. The average Bonchev–Trinajstić information content (AvgIpc) is 1.96. The van der Waals surface area contributed by atoms with Gasteiger partial charge in [0.05, 0.1) is 13.0 Å². The zero-order valence-corrected chi connectivity index (χ0v) is 8.20. The van der Waals surface area contributed by atoms with Crippen LogP contribution in [-0.2, 0) is 9.53 Å². The van der Waals surface area contributed by atoms with Crippen molar-refractivity contribution in [1.29, 1.82) is 0 Å². The maximum atomic E-state index is 12.6. The summed E-state index contributed by atoms with van der Waals surface area (Å²) in [5, 5.41) is 0. The van der Waals surface area contributed by atoms with Crippen molar-refractivity contribution < 1.29 is 31.5 Å². The van der Waals surface area contributed by atoms with Crippen LogP contribution in [-0.4, -0.2) is 24.7 Å². The van der Waals surface area contributed by atoms with Crippen molar-refractivity contribution in [2.75, 3.05) is 6.61 Å². The van der Waals surface area contributed by atoms with Crippen LogP contribution in [0.3, 0.4) is 0 Å². The minimum atomic E-state index is -5.12. The van der Waals surface area contributed by atoms with Gasteiger partial charge >= 0.3 is 12.1 Å². The fourth-order valence-corrected chi connectivity index (χ4v) is 0.969. The predicted octanol–water partition coefficient (Wildman–Crippen LogP) is 2.77. The molecule has 0 amide bonds. The van der Waals surface area contributed by atoms with Crippen molar-refractivity contribution in [3.8, 4) is 0 Å². The monoisotopic (exact) mass is 234 g/mol. The molecule has 0 aliphatic heterocycles. The van der Waals surface area contributed by atoms with Gasteiger partial charge in [0.25, 0.3) is 5.92 Å². The smallest absolute Gasteiger partial charge is 0.398 e. The Labute approximate surface area is 83.4 Å². The minimum Gasteiger partial charge on any atom is -0.466 e. The Hall–Kier alpha value is -0.880. The van der Waals surface area contributed by atoms with Crippen molar-refractivity contribution in [3.63, 3.8) is 0 Å². The Morgan fingerprint density at radius 3 is 2.00 bits per heavy atom. The van der Waals surface area contributed by atoms with E-state index in [0.717, 1.165) is 0 Å². The van der Waals surface area contributed by atoms with Crippen LogP contribution in [0, 0.1) is 5.92 Å². The lowest BCUT2D eigenvalue weighted by Crippen LogP contribution is -2.39. The zero-order valence-electron chi connectivity index (χ0n) is 8.20. The third kappa shape index (κ3) is 4.94. The second-order valence-corrected chi connectivity index (χ2v) is 3.06. The molecule has 0 bridgehead atoms. The molecule has 0 heterocycles. The van der Waals surface area contributed by atoms with Gasteiger partial charge in [-0.15, -0.1) is 0 Å². The molecule has 0 aromatic rings. The van der Waals surface area contributed by atoms with Gasteiger partial charge in [0.1, 0.15) is 5.92 Å². The molecule has 0 spiro atoms. The lowest BCUT2D eigenvalue weighted by Gasteiger charge is -2.24. The number of esters is 1. The Balaban J connectivity index is 4.62. The third-order valence-corrected chi connectivity index (χ3v) is 1.68. The van der Waals surface area contributed by atoms with Gasteiger partial charge in [-0.25, -0.2) is 8.78 Å². The molecule has 0 N–H and O–H groups in total. The van der Waals surface area contributed by atoms with E-state index in [1.807, 2.05) is 0 Å². The van der Waals surface area contributed by atoms with Crippen LogP contribution in [0.4, 0.5) is 22.0 Å². The maximum Gasteiger partial charge on any atom is 0.398 e. The van der Waals surface area contributed by atoms with Crippen molar-refractivity contribution in [2.24, 2.45) is 5.92 Å². The second kappa shape index (κ2) is 4.76. The number of alkyl halides is 5. The summed E-state index contributed by atoms with van der Waals surface area (Å²) < 4.78 is 65.7. The summed E-state index contributed by atoms with van der Waals surface area (Å²) in [4.78, 5) is 10.7. The van der Waals surface area contributed by atoms with Gasteiger partial charge in [-0.05, 0) is 13.8 Å². The maximum absolute atomic E-state index is 12.6. The van der Waals surface area contributed by atoms with Gasteiger partial charge in [0.15, 0.2) is 0 Å². The predicted molar refractivity (Wildman–Crippen MR) is 41.4 cm³/mol. The van der Waals surface area contributed by atoms with Crippen LogP contribution in [0.25, 0.3) is 0 Å². The number of ether oxygens (including phenoxy) is 1. The van der Waals surface area contributed by atoms with E-state index in [2.05, 4.69) is 4.74 Å². The van der Waals surface area contributed by atoms with E-state index in [1.54, 1.807) is 0 Å². The van der Waals surface area contributed by atoms with Gasteiger partial charge in [-0.1, -0.05) is 0 Å². The summed E-state index contributed by atoms with van der Waals surface area (Å²) in [6.45, 7) is 1.37. The molecule has 0 radical (unpaired) electrons. The van der Waals surface area contributed by atoms with Gasteiger partial charge in [0.2, 0.25) is 0 Å². The van der Waals surface area contributed by atoms with Crippen LogP contribution < -0.4 is 0 Å². The summed E-state index contributed by atoms with van der Waals surface area (Å²) >= 11 is 0. The van der Waals surface area contributed by atoms with Gasteiger partial charge in [-0.3, -0.25) is 4.79 Å². The van der Waals surface area contributed by atoms with E-state index in [1.165, 1.54) is 6.92 Å². The van der Waals surface area contributed by atoms with Crippen LogP contribution >= 0.6 is 0 Å². The summed E-state index contributed by atoms with van der Waals surface area (Å²) in [5.41, 5.74) is 0. The molecule has 0 aliphatic rings. The topological polar surface area (TPSA) is 26.3 Å². The molecule has 0 fully saturated rings. The number of carbonyl (C=O) groups excluding carboxylic acids is 1. The van der Waals surface area contributed by atoms with Crippen LogP contribution in [0.1, 0.15) is 20.3 Å². The first-order valence-electron chi connectivity index (χ1n) is 4.19. The van der Waals surface area contributed by atoms with Gasteiger partial charge < -0.3 is 4.74 Å². The average molecular weight is 234 g/mol. The molecule has 1 atom stereocenters. The quantitative estimate of drug-likeness (QED) is 0.552. The molecule has 0 saturated carbocycles. The van der Waals surface area contributed by atoms with E-state index in [4.69, 9.17) is 0 Å². The summed E-state index contributed by atoms with van der Waals surface area (Å²) in [6, 6.07) is 0. The van der Waals surface area contributed by atoms with Crippen molar-refractivity contribution in [1.82, 2.24) is 0 Å². The standard InChI is InChI=1S/C8H11F5O2/c1-3-15-6(14)4-5(7(2,9)10)8(11,12)13/h5H,3-4H2,1-2H3. The second-order valence-electron chi connectivity index (χ2n) is 3.06. The van der Waals surface area contributed by atoms with Crippen LogP contribution in [0.5, 0.6) is 0 Å². The van der Waals surface area contributed by atoms with E-state index < -0.39 is 30.4 Å². The van der Waals surface area contributed by atoms with Crippen molar-refractivity contribution >= 4 is 5.97 Å². The lowest BCUT2D eigenvalue weighted by atomic mass is 9.98. The Morgan fingerprint density at radius 2 is 1.73 bits per heavy atom. The summed E-state index contributed by atoms with van der Waals surface area (Å²) in [5.74, 6) is -8.27. The number of carbonyl (C=O) groups is 1. The molecule has 90 valence electrons. The van der Waals surface area contributed by atoms with Gasteiger partial charge in [0, 0.05) is 0 Å². The van der Waals surface area contributed by atoms with E-state index in [9.17, 15) is 26.7 Å². The first kappa shape index (κ1) is 14.1. The molecule has 0 aliphatic carbocycles. The minimum absolute atomic E-state index is 0.129. The number of hydrogen-bond donors (Lipinski definition) is 0. The molecule has 15 heavy (non-hydrogen) atoms. The van der Waals surface area contributed by atoms with Crippen LogP contribution in [0.15, 0.2) is 0 Å². The molecule has 0 saturated heterocycles. The number of halogens is 5. The highest BCUT2D eigenvalue weighted by Gasteiger charge is 2.53. The Morgan fingerprint density at radius 1 is 1.27 bits per heavy atom. The lowest BCUT2D eigenvalue weighted by molar-refractivity contribution is -0.238. The largest absolute Gasteiger partial charge is 0.466 e. The van der Waals surface area contributed by atoms with Crippen LogP contribution in [0.2, 0.25) is 0 Å². The molecule has 1 unspecified atom stereocenters. The Bertz CT molecular complexity index is 204. The molecular formula is C8H11F5O2. The fourth-order valence-electron chi connectivity index (χ4n) is 0.969. The molecular weight excluding hydrogens is 223 g/mol. The van der Waals surface area contributed by atoms with Crippen molar-refractivity contribution in [3.05, 3.63) is 0 Å². The van der Waals surface area contributed by atoms with E-state index in [-0.39, 0.29) is 13.5 Å². The van der Waals surface area contributed by atoms with Gasteiger partial charge in [-0.2, -0.15) is 13.2 Å². The number of rotatable bonds is 4. The summed E-state index contributed by atoms with van der Waals surface area (Å²) in [7, 11) is 0. The molecule has 0 aromatic heterocycles. The molecule has 7 heteroatoms. The molecule has 0 aromatic carbocycles. The highest BCUT2D eigenvalue weighted by molar-refractivity contribution is 5.69. The zero-order chi connectivity index (χ0) is 12.3. The first-order chi connectivity index (χ1) is 6.59. The highest BCUT2D eigenvalue weighted by Crippen LogP contribution is 2.40. The van der Waals surface area contributed by atoms with Crippen molar-refractivity contribution in [2.45, 2.75) is 32.4 Å². The van der Waals surface area contributed by atoms with E-state index >= 15 is 0 Å². The molecule has 0 rings (SSSR count). The molecule has 2 nitrogen and oxygen atoms in total.